The normalized spacial score (nSPS) is 22.8. The van der Waals surface area contributed by atoms with Crippen LogP contribution < -0.4 is 0 Å². The third kappa shape index (κ3) is 4.16. The van der Waals surface area contributed by atoms with Gasteiger partial charge in [-0.2, -0.15) is 13.2 Å². The molecule has 0 aliphatic carbocycles. The fourth-order valence-electron chi connectivity index (χ4n) is 2.31. The summed E-state index contributed by atoms with van der Waals surface area (Å²) in [6, 6.07) is 0. The Hall–Kier alpha value is -0.250. The number of rotatable bonds is 2. The topological polar surface area (TPSA) is 3.24 Å². The molecule has 0 radical (unpaired) electrons. The lowest BCUT2D eigenvalue weighted by Crippen LogP contribution is -2.45. The van der Waals surface area contributed by atoms with Crippen molar-refractivity contribution < 1.29 is 13.2 Å². The van der Waals surface area contributed by atoms with Crippen LogP contribution in [0.4, 0.5) is 13.2 Å². The van der Waals surface area contributed by atoms with Crippen molar-refractivity contribution >= 4 is 0 Å². The summed E-state index contributed by atoms with van der Waals surface area (Å²) < 4.78 is 36.4. The smallest absolute Gasteiger partial charge is 0.303 e. The van der Waals surface area contributed by atoms with Crippen molar-refractivity contribution in [3.63, 3.8) is 0 Å². The lowest BCUT2D eigenvalue weighted by molar-refractivity contribution is -0.139. The molecular formula is C13H24F3N. The lowest BCUT2D eigenvalue weighted by Gasteiger charge is -2.48. The zero-order valence-corrected chi connectivity index (χ0v) is 11.3. The Bertz CT molecular complexity index is 244. The molecule has 0 N–H and O–H groups in total. The van der Waals surface area contributed by atoms with Gasteiger partial charge in [0, 0.05) is 6.54 Å². The van der Waals surface area contributed by atoms with Gasteiger partial charge in [-0.15, -0.1) is 0 Å². The fraction of sp³-hybridized carbons (Fsp3) is 1.00. The first-order valence-corrected chi connectivity index (χ1v) is 6.33. The highest BCUT2D eigenvalue weighted by Gasteiger charge is 2.40. The SMILES string of the molecule is CC(C)(C)C1(C)CCN(CCC(F)(F)F)CC1. The zero-order valence-electron chi connectivity index (χ0n) is 11.3. The van der Waals surface area contributed by atoms with Crippen LogP contribution in [-0.4, -0.2) is 30.7 Å². The van der Waals surface area contributed by atoms with Gasteiger partial charge in [0.05, 0.1) is 6.42 Å². The van der Waals surface area contributed by atoms with Crippen molar-refractivity contribution in [3.8, 4) is 0 Å². The summed E-state index contributed by atoms with van der Waals surface area (Å²) in [5.41, 5.74) is 0.477. The van der Waals surface area contributed by atoms with Crippen LogP contribution in [0.1, 0.15) is 47.0 Å². The van der Waals surface area contributed by atoms with E-state index in [4.69, 9.17) is 0 Å². The van der Waals surface area contributed by atoms with E-state index in [0.717, 1.165) is 25.9 Å². The van der Waals surface area contributed by atoms with E-state index in [-0.39, 0.29) is 17.4 Å². The second kappa shape index (κ2) is 4.79. The zero-order chi connectivity index (χ0) is 13.3. The number of halogens is 3. The standard InChI is InChI=1S/C13H24F3N/c1-11(2,3)12(4)5-8-17(9-6-12)10-7-13(14,15)16/h5-10H2,1-4H3. The molecule has 1 rings (SSSR count). The molecule has 102 valence electrons. The molecule has 17 heavy (non-hydrogen) atoms. The molecule has 1 fully saturated rings. The molecule has 1 saturated heterocycles. The van der Waals surface area contributed by atoms with E-state index in [2.05, 4.69) is 27.7 Å². The molecular weight excluding hydrogens is 227 g/mol. The summed E-state index contributed by atoms with van der Waals surface area (Å²) in [4.78, 5) is 1.95. The summed E-state index contributed by atoms with van der Waals surface area (Å²) in [6.45, 7) is 10.7. The maximum absolute atomic E-state index is 12.1. The van der Waals surface area contributed by atoms with E-state index < -0.39 is 12.6 Å². The van der Waals surface area contributed by atoms with Gasteiger partial charge >= 0.3 is 6.18 Å². The van der Waals surface area contributed by atoms with Gasteiger partial charge in [-0.3, -0.25) is 0 Å². The third-order valence-corrected chi connectivity index (χ3v) is 4.48. The molecule has 1 nitrogen and oxygen atoms in total. The van der Waals surface area contributed by atoms with Crippen molar-refractivity contribution in [2.24, 2.45) is 10.8 Å². The van der Waals surface area contributed by atoms with Crippen molar-refractivity contribution in [1.82, 2.24) is 4.90 Å². The van der Waals surface area contributed by atoms with Crippen LogP contribution in [0.5, 0.6) is 0 Å². The first-order chi connectivity index (χ1) is 7.54. The van der Waals surface area contributed by atoms with Crippen LogP contribution >= 0.6 is 0 Å². The largest absolute Gasteiger partial charge is 0.390 e. The minimum atomic E-state index is -4.02. The Kier molecular flexibility index (Phi) is 4.17. The molecule has 0 spiro atoms. The molecule has 0 saturated carbocycles. The quantitative estimate of drug-likeness (QED) is 0.714. The van der Waals surface area contributed by atoms with Crippen LogP contribution in [0.15, 0.2) is 0 Å². The molecule has 0 aromatic rings. The number of piperidine rings is 1. The highest BCUT2D eigenvalue weighted by atomic mass is 19.4. The van der Waals surface area contributed by atoms with E-state index >= 15 is 0 Å². The summed E-state index contributed by atoms with van der Waals surface area (Å²) in [7, 11) is 0. The summed E-state index contributed by atoms with van der Waals surface area (Å²) in [5.74, 6) is 0. The molecule has 0 aromatic carbocycles. The molecule has 0 unspecified atom stereocenters. The maximum Gasteiger partial charge on any atom is 0.390 e. The summed E-state index contributed by atoms with van der Waals surface area (Å²) in [6.07, 6.45) is -2.72. The lowest BCUT2D eigenvalue weighted by atomic mass is 9.63. The van der Waals surface area contributed by atoms with Crippen molar-refractivity contribution in [1.29, 1.82) is 0 Å². The van der Waals surface area contributed by atoms with E-state index in [1.807, 2.05) is 4.90 Å². The second-order valence-electron chi connectivity index (χ2n) is 6.52. The van der Waals surface area contributed by atoms with Gasteiger partial charge in [0.2, 0.25) is 0 Å². The predicted molar refractivity (Wildman–Crippen MR) is 63.9 cm³/mol. The Morgan fingerprint density at radius 2 is 1.53 bits per heavy atom. The molecule has 0 atom stereocenters. The van der Waals surface area contributed by atoms with Gasteiger partial charge in [0.1, 0.15) is 0 Å². The number of hydrogen-bond donors (Lipinski definition) is 0. The first kappa shape index (κ1) is 14.8. The van der Waals surface area contributed by atoms with Crippen LogP contribution in [0.2, 0.25) is 0 Å². The van der Waals surface area contributed by atoms with Crippen LogP contribution in [-0.2, 0) is 0 Å². The third-order valence-electron chi connectivity index (χ3n) is 4.48. The molecule has 4 heteroatoms. The Morgan fingerprint density at radius 3 is 1.88 bits per heavy atom. The highest BCUT2D eigenvalue weighted by Crippen LogP contribution is 2.46. The minimum Gasteiger partial charge on any atom is -0.303 e. The van der Waals surface area contributed by atoms with Gasteiger partial charge in [-0.1, -0.05) is 27.7 Å². The first-order valence-electron chi connectivity index (χ1n) is 6.33. The van der Waals surface area contributed by atoms with E-state index in [9.17, 15) is 13.2 Å². The van der Waals surface area contributed by atoms with Gasteiger partial charge in [-0.25, -0.2) is 0 Å². The van der Waals surface area contributed by atoms with Gasteiger partial charge in [-0.05, 0) is 36.8 Å². The van der Waals surface area contributed by atoms with Crippen LogP contribution in [0.3, 0.4) is 0 Å². The number of hydrogen-bond acceptors (Lipinski definition) is 1. The molecule has 0 aromatic heterocycles. The Labute approximate surface area is 102 Å². The van der Waals surface area contributed by atoms with Crippen LogP contribution in [0, 0.1) is 10.8 Å². The Morgan fingerprint density at radius 1 is 1.06 bits per heavy atom. The van der Waals surface area contributed by atoms with Gasteiger partial charge in [0.15, 0.2) is 0 Å². The van der Waals surface area contributed by atoms with Crippen LogP contribution in [0.25, 0.3) is 0 Å². The monoisotopic (exact) mass is 251 g/mol. The molecule has 1 heterocycles. The second-order valence-corrected chi connectivity index (χ2v) is 6.52. The van der Waals surface area contributed by atoms with Crippen molar-refractivity contribution in [2.75, 3.05) is 19.6 Å². The van der Waals surface area contributed by atoms with E-state index in [1.165, 1.54) is 0 Å². The molecule has 1 aliphatic heterocycles. The molecule has 0 bridgehead atoms. The van der Waals surface area contributed by atoms with Gasteiger partial charge in [0.25, 0.3) is 0 Å². The van der Waals surface area contributed by atoms with E-state index in [1.54, 1.807) is 0 Å². The average Bonchev–Trinajstić information content (AvgIpc) is 2.14. The fourth-order valence-corrected chi connectivity index (χ4v) is 2.31. The Balaban J connectivity index is 2.41. The minimum absolute atomic E-state index is 0.156. The van der Waals surface area contributed by atoms with E-state index in [0.29, 0.717) is 0 Å². The highest BCUT2D eigenvalue weighted by molar-refractivity contribution is 4.91. The molecule has 0 amide bonds. The number of nitrogens with zero attached hydrogens (tertiary/aromatic N) is 1. The van der Waals surface area contributed by atoms with Crippen molar-refractivity contribution in [2.45, 2.75) is 53.1 Å². The average molecular weight is 251 g/mol. The van der Waals surface area contributed by atoms with Gasteiger partial charge < -0.3 is 4.90 Å². The van der Waals surface area contributed by atoms with Crippen molar-refractivity contribution in [3.05, 3.63) is 0 Å². The summed E-state index contributed by atoms with van der Waals surface area (Å²) in [5, 5.41) is 0. The molecule has 1 aliphatic rings. The summed E-state index contributed by atoms with van der Waals surface area (Å²) >= 11 is 0. The predicted octanol–water partition coefficient (Wildman–Crippen LogP) is 4.09. The maximum atomic E-state index is 12.1. The number of likely N-dealkylation sites (tertiary alicyclic amines) is 1. The number of alkyl halides is 3.